The zero-order valence-corrected chi connectivity index (χ0v) is 9.63. The lowest BCUT2D eigenvalue weighted by atomic mass is 10.2. The third-order valence-electron chi connectivity index (χ3n) is 1.90. The van der Waals surface area contributed by atoms with Crippen LogP contribution in [0.15, 0.2) is 22.8 Å². The minimum Gasteiger partial charge on any atom is -0.309 e. The van der Waals surface area contributed by atoms with E-state index in [-0.39, 0.29) is 0 Å². The van der Waals surface area contributed by atoms with Crippen LogP contribution in [0.5, 0.6) is 0 Å². The number of hydrogen-bond donors (Lipinski definition) is 1. The van der Waals surface area contributed by atoms with E-state index >= 15 is 0 Å². The van der Waals surface area contributed by atoms with Crippen LogP contribution in [-0.2, 0) is 0 Å². The first-order valence-electron chi connectivity index (χ1n) is 4.59. The number of hydrogen-bond acceptors (Lipinski definition) is 2. The third-order valence-corrected chi connectivity index (χ3v) is 2.57. The molecule has 0 bridgehead atoms. The molecule has 0 radical (unpaired) electrons. The van der Waals surface area contributed by atoms with Crippen LogP contribution in [-0.4, -0.2) is 11.5 Å². The summed E-state index contributed by atoms with van der Waals surface area (Å²) in [6, 6.07) is 4.27. The van der Waals surface area contributed by atoms with Gasteiger partial charge >= 0.3 is 0 Å². The lowest BCUT2D eigenvalue weighted by Gasteiger charge is -2.13. The fourth-order valence-corrected chi connectivity index (χ4v) is 1.77. The number of nitrogens with zero attached hydrogens (tertiary/aromatic N) is 1. The van der Waals surface area contributed by atoms with Gasteiger partial charge in [0, 0.05) is 16.7 Å². The highest BCUT2D eigenvalue weighted by Gasteiger charge is 2.08. The van der Waals surface area contributed by atoms with E-state index < -0.39 is 0 Å². The van der Waals surface area contributed by atoms with Crippen molar-refractivity contribution in [3.8, 4) is 0 Å². The van der Waals surface area contributed by atoms with Gasteiger partial charge in [-0.25, -0.2) is 0 Å². The largest absolute Gasteiger partial charge is 0.309 e. The van der Waals surface area contributed by atoms with Gasteiger partial charge in [0.05, 0.1) is 5.69 Å². The van der Waals surface area contributed by atoms with E-state index in [9.17, 15) is 0 Å². The fraction of sp³-hybridized carbons (Fsp3) is 0.500. The highest BCUT2D eigenvalue weighted by molar-refractivity contribution is 9.10. The van der Waals surface area contributed by atoms with Crippen molar-refractivity contribution in [2.45, 2.75) is 26.3 Å². The molecule has 0 aliphatic rings. The summed E-state index contributed by atoms with van der Waals surface area (Å²) < 4.78 is 1.08. The van der Waals surface area contributed by atoms with Gasteiger partial charge in [0.2, 0.25) is 0 Å². The first-order chi connectivity index (χ1) is 6.25. The Balaban J connectivity index is 2.65. The molecular formula is C10H15BrN2. The summed E-state index contributed by atoms with van der Waals surface area (Å²) in [5.74, 6) is 0. The van der Waals surface area contributed by atoms with E-state index in [1.165, 1.54) is 0 Å². The second-order valence-electron chi connectivity index (χ2n) is 3.05. The van der Waals surface area contributed by atoms with E-state index in [4.69, 9.17) is 0 Å². The number of halogens is 1. The van der Waals surface area contributed by atoms with E-state index in [1.54, 1.807) is 0 Å². The van der Waals surface area contributed by atoms with Crippen molar-refractivity contribution in [2.24, 2.45) is 0 Å². The normalized spacial score (nSPS) is 12.8. The molecule has 0 amide bonds. The van der Waals surface area contributed by atoms with Crippen molar-refractivity contribution in [3.63, 3.8) is 0 Å². The number of aromatic nitrogens is 1. The Kier molecular flexibility index (Phi) is 4.39. The molecule has 1 heterocycles. The highest BCUT2D eigenvalue weighted by Crippen LogP contribution is 2.19. The van der Waals surface area contributed by atoms with Crippen LogP contribution in [0.4, 0.5) is 0 Å². The Morgan fingerprint density at radius 2 is 2.38 bits per heavy atom. The molecule has 1 aromatic heterocycles. The maximum absolute atomic E-state index is 4.32. The molecule has 0 saturated carbocycles. The molecule has 0 aliphatic heterocycles. The average Bonchev–Trinajstić information content (AvgIpc) is 2.15. The summed E-state index contributed by atoms with van der Waals surface area (Å²) in [4.78, 5) is 4.32. The molecule has 0 aliphatic carbocycles. The van der Waals surface area contributed by atoms with Crippen molar-refractivity contribution >= 4 is 15.9 Å². The quantitative estimate of drug-likeness (QED) is 0.879. The van der Waals surface area contributed by atoms with Gasteiger partial charge in [0.25, 0.3) is 0 Å². The highest BCUT2D eigenvalue weighted by atomic mass is 79.9. The molecule has 3 heteroatoms. The summed E-state index contributed by atoms with van der Waals surface area (Å²) in [6.07, 6.45) is 2.97. The molecule has 1 unspecified atom stereocenters. The Labute approximate surface area is 87.9 Å². The zero-order valence-electron chi connectivity index (χ0n) is 8.05. The monoisotopic (exact) mass is 242 g/mol. The van der Waals surface area contributed by atoms with Crippen LogP contribution < -0.4 is 5.32 Å². The smallest absolute Gasteiger partial charge is 0.0711 e. The molecule has 1 atom stereocenters. The van der Waals surface area contributed by atoms with Crippen LogP contribution in [0.1, 0.15) is 32.0 Å². The summed E-state index contributed by atoms with van der Waals surface area (Å²) in [5, 5.41) is 3.40. The van der Waals surface area contributed by atoms with Gasteiger partial charge in [-0.1, -0.05) is 6.92 Å². The van der Waals surface area contributed by atoms with Crippen LogP contribution >= 0.6 is 15.9 Å². The van der Waals surface area contributed by atoms with Gasteiger partial charge in [-0.3, -0.25) is 4.98 Å². The van der Waals surface area contributed by atoms with Crippen LogP contribution in [0.2, 0.25) is 0 Å². The number of rotatable bonds is 4. The summed E-state index contributed by atoms with van der Waals surface area (Å²) in [5.41, 5.74) is 1.08. The van der Waals surface area contributed by atoms with Crippen molar-refractivity contribution < 1.29 is 0 Å². The summed E-state index contributed by atoms with van der Waals surface area (Å²) in [7, 11) is 0. The first-order valence-corrected chi connectivity index (χ1v) is 5.38. The van der Waals surface area contributed by atoms with Gasteiger partial charge in [-0.15, -0.1) is 0 Å². The van der Waals surface area contributed by atoms with E-state index in [0.29, 0.717) is 6.04 Å². The summed E-state index contributed by atoms with van der Waals surface area (Å²) in [6.45, 7) is 5.32. The van der Waals surface area contributed by atoms with Gasteiger partial charge in [0.1, 0.15) is 0 Å². The van der Waals surface area contributed by atoms with Gasteiger partial charge in [-0.2, -0.15) is 0 Å². The predicted octanol–water partition coefficient (Wildman–Crippen LogP) is 2.90. The lowest BCUT2D eigenvalue weighted by molar-refractivity contribution is 0.556. The van der Waals surface area contributed by atoms with Crippen LogP contribution in [0, 0.1) is 0 Å². The van der Waals surface area contributed by atoms with Crippen molar-refractivity contribution in [1.29, 1.82) is 0 Å². The average molecular weight is 243 g/mol. The topological polar surface area (TPSA) is 24.9 Å². The first kappa shape index (κ1) is 10.7. The zero-order chi connectivity index (χ0) is 9.68. The van der Waals surface area contributed by atoms with Crippen molar-refractivity contribution in [2.75, 3.05) is 6.54 Å². The fourth-order valence-electron chi connectivity index (χ4n) is 1.17. The molecule has 2 nitrogen and oxygen atoms in total. The van der Waals surface area contributed by atoms with Crippen LogP contribution in [0.3, 0.4) is 0 Å². The molecule has 1 N–H and O–H groups in total. The van der Waals surface area contributed by atoms with Crippen LogP contribution in [0.25, 0.3) is 0 Å². The molecule has 0 spiro atoms. The molecule has 0 aromatic carbocycles. The van der Waals surface area contributed by atoms with Crippen molar-refractivity contribution in [1.82, 2.24) is 10.3 Å². The standard InChI is InChI=1S/C10H15BrN2/c1-3-6-12-8(2)10-9(11)5-4-7-13-10/h4-5,7-8,12H,3,6H2,1-2H3. The molecule has 0 fully saturated rings. The second-order valence-corrected chi connectivity index (χ2v) is 3.90. The molecule has 13 heavy (non-hydrogen) atoms. The molecule has 1 rings (SSSR count). The maximum Gasteiger partial charge on any atom is 0.0711 e. The Morgan fingerprint density at radius 1 is 1.62 bits per heavy atom. The minimum atomic E-state index is 0.315. The third kappa shape index (κ3) is 3.08. The summed E-state index contributed by atoms with van der Waals surface area (Å²) >= 11 is 3.49. The Morgan fingerprint density at radius 3 is 3.00 bits per heavy atom. The van der Waals surface area contributed by atoms with E-state index in [0.717, 1.165) is 23.1 Å². The van der Waals surface area contributed by atoms with Gasteiger partial charge in [-0.05, 0) is 48.0 Å². The lowest BCUT2D eigenvalue weighted by Crippen LogP contribution is -2.20. The van der Waals surface area contributed by atoms with E-state index in [2.05, 4.69) is 40.1 Å². The Hall–Kier alpha value is -0.410. The number of nitrogens with one attached hydrogen (secondary N) is 1. The molecular weight excluding hydrogens is 228 g/mol. The SMILES string of the molecule is CCCNC(C)c1ncccc1Br. The van der Waals surface area contributed by atoms with Crippen molar-refractivity contribution in [3.05, 3.63) is 28.5 Å². The Bertz CT molecular complexity index is 263. The molecule has 1 aromatic rings. The predicted molar refractivity (Wildman–Crippen MR) is 58.6 cm³/mol. The van der Waals surface area contributed by atoms with Gasteiger partial charge < -0.3 is 5.32 Å². The maximum atomic E-state index is 4.32. The van der Waals surface area contributed by atoms with Gasteiger partial charge in [0.15, 0.2) is 0 Å². The molecule has 72 valence electrons. The second kappa shape index (κ2) is 5.35. The van der Waals surface area contributed by atoms with E-state index in [1.807, 2.05) is 18.3 Å². The number of pyridine rings is 1. The minimum absolute atomic E-state index is 0.315. The molecule has 0 saturated heterocycles.